The third kappa shape index (κ3) is 2.88. The molecule has 1 aromatic rings. The number of pyridine rings is 1. The maximum absolute atomic E-state index is 5.00. The summed E-state index contributed by atoms with van der Waals surface area (Å²) in [6, 6.07) is 4.20. The number of nitrogens with zero attached hydrogens (tertiary/aromatic N) is 1. The largest absolute Gasteiger partial charge is 0.383 e. The molecule has 0 bridgehead atoms. The van der Waals surface area contributed by atoms with Crippen LogP contribution in [0.5, 0.6) is 0 Å². The molecule has 0 fully saturated rings. The third-order valence-corrected chi connectivity index (χ3v) is 1.51. The van der Waals surface area contributed by atoms with Gasteiger partial charge in [0.25, 0.3) is 0 Å². The lowest BCUT2D eigenvalue weighted by atomic mass is 10.3. The predicted octanol–water partition coefficient (Wildman–Crippen LogP) is 1.53. The topological polar surface area (TPSA) is 34.1 Å². The van der Waals surface area contributed by atoms with Crippen molar-refractivity contribution in [2.45, 2.75) is 13.0 Å². The van der Waals surface area contributed by atoms with E-state index in [1.165, 1.54) is 0 Å². The van der Waals surface area contributed by atoms with Crippen molar-refractivity contribution in [1.29, 1.82) is 0 Å². The molecule has 66 valence electrons. The number of hydrogen-bond donors (Lipinski definition) is 1. The lowest BCUT2D eigenvalue weighted by Crippen LogP contribution is -2.20. The van der Waals surface area contributed by atoms with Gasteiger partial charge in [-0.05, 0) is 19.1 Å². The van der Waals surface area contributed by atoms with E-state index in [1.807, 2.05) is 12.1 Å². The maximum atomic E-state index is 5.00. The molecule has 1 rings (SSSR count). The molecule has 0 unspecified atom stereocenters. The Morgan fingerprint density at radius 3 is 2.75 bits per heavy atom. The Kier molecular flexibility index (Phi) is 3.54. The van der Waals surface area contributed by atoms with Gasteiger partial charge in [-0.1, -0.05) is 0 Å². The van der Waals surface area contributed by atoms with Gasteiger partial charge in [0.1, 0.15) is 0 Å². The molecular weight excluding hydrogens is 152 g/mol. The fourth-order valence-corrected chi connectivity index (χ4v) is 1.02. The van der Waals surface area contributed by atoms with Gasteiger partial charge in [0, 0.05) is 31.2 Å². The summed E-state index contributed by atoms with van der Waals surface area (Å²) in [5.41, 5.74) is 1.08. The molecule has 1 aromatic heterocycles. The molecule has 3 nitrogen and oxygen atoms in total. The van der Waals surface area contributed by atoms with Crippen molar-refractivity contribution < 1.29 is 4.74 Å². The molecule has 0 saturated heterocycles. The first-order chi connectivity index (χ1) is 5.83. The predicted molar refractivity (Wildman–Crippen MR) is 49.2 cm³/mol. The molecule has 0 aliphatic carbocycles. The number of anilines is 1. The molecule has 0 aromatic carbocycles. The van der Waals surface area contributed by atoms with Crippen LogP contribution in [0.3, 0.4) is 0 Å². The van der Waals surface area contributed by atoms with E-state index < -0.39 is 0 Å². The van der Waals surface area contributed by atoms with Crippen LogP contribution in [0.2, 0.25) is 0 Å². The quantitative estimate of drug-likeness (QED) is 0.736. The summed E-state index contributed by atoms with van der Waals surface area (Å²) >= 11 is 0. The zero-order chi connectivity index (χ0) is 8.81. The lowest BCUT2D eigenvalue weighted by Gasteiger charge is -2.13. The van der Waals surface area contributed by atoms with Crippen LogP contribution in [0.15, 0.2) is 24.5 Å². The van der Waals surface area contributed by atoms with Crippen molar-refractivity contribution >= 4 is 5.69 Å². The summed E-state index contributed by atoms with van der Waals surface area (Å²) in [6.07, 6.45) is 3.53. The van der Waals surface area contributed by atoms with Gasteiger partial charge in [-0.3, -0.25) is 4.98 Å². The summed E-state index contributed by atoms with van der Waals surface area (Å²) in [5, 5.41) is 3.28. The van der Waals surface area contributed by atoms with Gasteiger partial charge in [-0.2, -0.15) is 0 Å². The van der Waals surface area contributed by atoms with Crippen LogP contribution >= 0.6 is 0 Å². The number of hydrogen-bond acceptors (Lipinski definition) is 3. The highest BCUT2D eigenvalue weighted by molar-refractivity contribution is 5.41. The molecule has 1 atom stereocenters. The van der Waals surface area contributed by atoms with E-state index >= 15 is 0 Å². The van der Waals surface area contributed by atoms with E-state index in [0.717, 1.165) is 5.69 Å². The van der Waals surface area contributed by atoms with Gasteiger partial charge in [-0.25, -0.2) is 0 Å². The standard InChI is InChI=1S/C9H14N2O/c1-8(7-12-2)11-9-3-5-10-6-4-9/h3-6,8H,7H2,1-2H3,(H,10,11)/t8-/m1/s1. The summed E-state index contributed by atoms with van der Waals surface area (Å²) in [7, 11) is 1.70. The lowest BCUT2D eigenvalue weighted by molar-refractivity contribution is 0.190. The van der Waals surface area contributed by atoms with Crippen molar-refractivity contribution in [2.75, 3.05) is 19.0 Å². The highest BCUT2D eigenvalue weighted by atomic mass is 16.5. The van der Waals surface area contributed by atoms with Gasteiger partial charge < -0.3 is 10.1 Å². The van der Waals surface area contributed by atoms with Crippen LogP contribution < -0.4 is 5.32 Å². The molecule has 12 heavy (non-hydrogen) atoms. The molecule has 3 heteroatoms. The molecule has 0 aliphatic heterocycles. The second-order valence-corrected chi connectivity index (χ2v) is 2.74. The zero-order valence-corrected chi connectivity index (χ0v) is 7.45. The fourth-order valence-electron chi connectivity index (χ4n) is 1.02. The number of nitrogens with one attached hydrogen (secondary N) is 1. The van der Waals surface area contributed by atoms with Crippen LogP contribution in [0.4, 0.5) is 5.69 Å². The Morgan fingerprint density at radius 2 is 2.17 bits per heavy atom. The number of aromatic nitrogens is 1. The second-order valence-electron chi connectivity index (χ2n) is 2.74. The Bertz CT molecular complexity index is 213. The van der Waals surface area contributed by atoms with Crippen LogP contribution in [-0.2, 0) is 4.74 Å². The van der Waals surface area contributed by atoms with E-state index in [0.29, 0.717) is 12.6 Å². The number of methoxy groups -OCH3 is 1. The molecule has 1 heterocycles. The van der Waals surface area contributed by atoms with Crippen LogP contribution in [0.1, 0.15) is 6.92 Å². The molecule has 0 spiro atoms. The SMILES string of the molecule is COC[C@@H](C)Nc1ccncc1. The van der Waals surface area contributed by atoms with Gasteiger partial charge in [0.2, 0.25) is 0 Å². The monoisotopic (exact) mass is 166 g/mol. The molecule has 0 radical (unpaired) electrons. The smallest absolute Gasteiger partial charge is 0.0661 e. The first-order valence-corrected chi connectivity index (χ1v) is 3.98. The van der Waals surface area contributed by atoms with Gasteiger partial charge in [0.15, 0.2) is 0 Å². The maximum Gasteiger partial charge on any atom is 0.0661 e. The van der Waals surface area contributed by atoms with Crippen LogP contribution in [0.25, 0.3) is 0 Å². The Balaban J connectivity index is 2.41. The average molecular weight is 166 g/mol. The van der Waals surface area contributed by atoms with E-state index in [2.05, 4.69) is 17.2 Å². The highest BCUT2D eigenvalue weighted by Gasteiger charge is 1.98. The minimum absolute atomic E-state index is 0.331. The highest BCUT2D eigenvalue weighted by Crippen LogP contribution is 2.04. The number of rotatable bonds is 4. The van der Waals surface area contributed by atoms with Crippen molar-refractivity contribution in [3.8, 4) is 0 Å². The first-order valence-electron chi connectivity index (χ1n) is 3.98. The summed E-state index contributed by atoms with van der Waals surface area (Å²) in [4.78, 5) is 3.93. The molecule has 0 aliphatic rings. The minimum atomic E-state index is 0.331. The van der Waals surface area contributed by atoms with Gasteiger partial charge >= 0.3 is 0 Å². The van der Waals surface area contributed by atoms with Gasteiger partial charge in [-0.15, -0.1) is 0 Å². The van der Waals surface area contributed by atoms with Gasteiger partial charge in [0.05, 0.1) is 6.61 Å². The molecule has 0 saturated carbocycles. The van der Waals surface area contributed by atoms with Crippen molar-refractivity contribution in [1.82, 2.24) is 4.98 Å². The Hall–Kier alpha value is -1.09. The third-order valence-electron chi connectivity index (χ3n) is 1.51. The molecule has 1 N–H and O–H groups in total. The Labute approximate surface area is 72.8 Å². The minimum Gasteiger partial charge on any atom is -0.383 e. The fraction of sp³-hybridized carbons (Fsp3) is 0.444. The summed E-state index contributed by atoms with van der Waals surface area (Å²) < 4.78 is 5.00. The van der Waals surface area contributed by atoms with Crippen LogP contribution in [0, 0.1) is 0 Å². The average Bonchev–Trinajstić information content (AvgIpc) is 2.06. The van der Waals surface area contributed by atoms with Crippen molar-refractivity contribution in [3.63, 3.8) is 0 Å². The van der Waals surface area contributed by atoms with E-state index in [9.17, 15) is 0 Å². The van der Waals surface area contributed by atoms with E-state index in [1.54, 1.807) is 19.5 Å². The molecular formula is C9H14N2O. The summed E-state index contributed by atoms with van der Waals surface area (Å²) in [6.45, 7) is 2.78. The normalized spacial score (nSPS) is 12.5. The molecule has 0 amide bonds. The van der Waals surface area contributed by atoms with Crippen molar-refractivity contribution in [3.05, 3.63) is 24.5 Å². The van der Waals surface area contributed by atoms with Crippen LogP contribution in [-0.4, -0.2) is 24.7 Å². The number of ether oxygens (including phenoxy) is 1. The zero-order valence-electron chi connectivity index (χ0n) is 7.45. The van der Waals surface area contributed by atoms with Crippen molar-refractivity contribution in [2.24, 2.45) is 0 Å². The summed E-state index contributed by atoms with van der Waals surface area (Å²) in [5.74, 6) is 0. The first kappa shape index (κ1) is 9.00. The second kappa shape index (κ2) is 4.72. The Morgan fingerprint density at radius 1 is 1.50 bits per heavy atom. The van der Waals surface area contributed by atoms with E-state index in [4.69, 9.17) is 4.74 Å². The van der Waals surface area contributed by atoms with E-state index in [-0.39, 0.29) is 0 Å².